The molecule has 1 heterocycles. The van der Waals surface area contributed by atoms with Crippen molar-refractivity contribution in [2.75, 3.05) is 45.1 Å². The minimum Gasteiger partial charge on any atom is -1.00 e. The van der Waals surface area contributed by atoms with Gasteiger partial charge >= 0.3 is 0 Å². The monoisotopic (exact) mass is 333 g/mol. The van der Waals surface area contributed by atoms with E-state index in [1.165, 1.54) is 0 Å². The molecule has 0 aromatic heterocycles. The highest BCUT2D eigenvalue weighted by atomic mass is 35.5. The van der Waals surface area contributed by atoms with Crippen molar-refractivity contribution in [2.45, 2.75) is 6.92 Å². The van der Waals surface area contributed by atoms with Gasteiger partial charge in [-0.3, -0.25) is 4.79 Å². The fourth-order valence-corrected chi connectivity index (χ4v) is 2.56. The van der Waals surface area contributed by atoms with E-state index in [0.717, 1.165) is 31.7 Å². The third-order valence-corrected chi connectivity index (χ3v) is 4.14. The predicted octanol–water partition coefficient (Wildman–Crippen LogP) is -1.65. The Kier molecular flexibility index (Phi) is 6.28. The number of anilines is 1. The largest absolute Gasteiger partial charge is 1.00 e. The zero-order chi connectivity index (χ0) is 14.8. The number of piperazine rings is 1. The zero-order valence-electron chi connectivity index (χ0n) is 12.2. The molecule has 21 heavy (non-hydrogen) atoms. The molecule has 0 atom stereocenters. The fraction of sp³-hybridized carbons (Fsp3) is 0.500. The molecule has 0 aliphatic carbocycles. The average molecular weight is 334 g/mol. The van der Waals surface area contributed by atoms with E-state index in [2.05, 4.69) is 17.7 Å². The number of phenols is 1. The van der Waals surface area contributed by atoms with Gasteiger partial charge in [0.25, 0.3) is 5.91 Å². The highest BCUT2D eigenvalue weighted by Gasteiger charge is 2.27. The van der Waals surface area contributed by atoms with Crippen LogP contribution in [0, 0.1) is 6.92 Å². The smallest absolute Gasteiger partial charge is 0.279 e. The van der Waals surface area contributed by atoms with Gasteiger partial charge in [-0.25, -0.2) is 0 Å². The van der Waals surface area contributed by atoms with Crippen molar-refractivity contribution in [3.05, 3.63) is 22.7 Å². The van der Waals surface area contributed by atoms with Crippen molar-refractivity contribution in [1.82, 2.24) is 5.32 Å². The quantitative estimate of drug-likeness (QED) is 0.458. The Bertz CT molecular complexity index is 517. The van der Waals surface area contributed by atoms with Gasteiger partial charge in [-0.15, -0.1) is 0 Å². The summed E-state index contributed by atoms with van der Waals surface area (Å²) in [6.45, 7) is 5.89. The summed E-state index contributed by atoms with van der Waals surface area (Å²) < 4.78 is 0.708. The Labute approximate surface area is 136 Å². The highest BCUT2D eigenvalue weighted by Crippen LogP contribution is 2.29. The van der Waals surface area contributed by atoms with Crippen molar-refractivity contribution in [2.24, 2.45) is 0 Å². The molecule has 1 aliphatic heterocycles. The van der Waals surface area contributed by atoms with E-state index in [0.29, 0.717) is 21.7 Å². The molecule has 1 aliphatic rings. The number of quaternary nitrogens is 1. The number of phenolic OH excluding ortho intramolecular Hbond substituents is 1. The third kappa shape index (κ3) is 4.74. The number of hydrogen-bond donors (Lipinski definition) is 3. The molecule has 0 spiro atoms. The van der Waals surface area contributed by atoms with E-state index < -0.39 is 0 Å². The Balaban J connectivity index is 0.00000220. The predicted molar refractivity (Wildman–Crippen MR) is 80.1 cm³/mol. The number of rotatable bonds is 3. The molecular formula is C14H21Cl2N3O2. The Morgan fingerprint density at radius 2 is 2.05 bits per heavy atom. The summed E-state index contributed by atoms with van der Waals surface area (Å²) in [5.41, 5.74) is 1.15. The highest BCUT2D eigenvalue weighted by molar-refractivity contribution is 6.31. The van der Waals surface area contributed by atoms with Gasteiger partial charge in [-0.1, -0.05) is 11.6 Å². The molecule has 7 heteroatoms. The Morgan fingerprint density at radius 1 is 1.43 bits per heavy atom. The molecule has 2 rings (SSSR count). The first kappa shape index (κ1) is 18.0. The zero-order valence-corrected chi connectivity index (χ0v) is 13.8. The van der Waals surface area contributed by atoms with Crippen LogP contribution >= 0.6 is 11.6 Å². The molecule has 0 radical (unpaired) electrons. The maximum atomic E-state index is 12.1. The van der Waals surface area contributed by atoms with Gasteiger partial charge in [0.05, 0.1) is 25.8 Å². The summed E-state index contributed by atoms with van der Waals surface area (Å²) >= 11 is 6.01. The van der Waals surface area contributed by atoms with Gasteiger partial charge in [0.15, 0.2) is 6.54 Å². The van der Waals surface area contributed by atoms with Crippen LogP contribution < -0.4 is 23.0 Å². The topological polar surface area (TPSA) is 61.4 Å². The molecule has 5 nitrogen and oxygen atoms in total. The lowest BCUT2D eigenvalue weighted by Gasteiger charge is -2.37. The summed E-state index contributed by atoms with van der Waals surface area (Å²) in [5.74, 6) is -0.0622. The maximum Gasteiger partial charge on any atom is 0.279 e. The lowest BCUT2D eigenvalue weighted by molar-refractivity contribution is -0.903. The average Bonchev–Trinajstić information content (AvgIpc) is 2.36. The van der Waals surface area contributed by atoms with E-state index in [1.807, 2.05) is 0 Å². The molecule has 1 amide bonds. The molecule has 1 fully saturated rings. The number of hydrogen-bond acceptors (Lipinski definition) is 3. The lowest BCUT2D eigenvalue weighted by atomic mass is 10.2. The van der Waals surface area contributed by atoms with Gasteiger partial charge in [-0.05, 0) is 24.6 Å². The molecule has 1 aromatic rings. The van der Waals surface area contributed by atoms with Crippen LogP contribution in [0.5, 0.6) is 5.75 Å². The lowest BCUT2D eigenvalue weighted by Crippen LogP contribution is -3.00. The van der Waals surface area contributed by atoms with Crippen LogP contribution in [0.2, 0.25) is 5.02 Å². The van der Waals surface area contributed by atoms with Gasteiger partial charge in [0.1, 0.15) is 5.75 Å². The SMILES string of the molecule is Cc1cc(O)c(NC(=O)C[N+]2(C)CCNCC2)cc1Cl.[Cl-]. The van der Waals surface area contributed by atoms with Crippen molar-refractivity contribution in [3.8, 4) is 5.75 Å². The van der Waals surface area contributed by atoms with Crippen LogP contribution in [0.25, 0.3) is 0 Å². The van der Waals surface area contributed by atoms with Gasteiger partial charge in [0.2, 0.25) is 0 Å². The van der Waals surface area contributed by atoms with E-state index >= 15 is 0 Å². The second-order valence-corrected chi connectivity index (χ2v) is 6.05. The summed E-state index contributed by atoms with van der Waals surface area (Å²) in [4.78, 5) is 12.1. The first-order chi connectivity index (χ1) is 9.39. The number of benzene rings is 1. The van der Waals surface area contributed by atoms with E-state index in [-0.39, 0.29) is 24.1 Å². The Hall–Kier alpha value is -1.01. The van der Waals surface area contributed by atoms with E-state index in [4.69, 9.17) is 11.6 Å². The normalized spacial score (nSPS) is 16.9. The number of halogens is 2. The minimum absolute atomic E-state index is 0. The first-order valence-corrected chi connectivity index (χ1v) is 7.11. The fourth-order valence-electron chi connectivity index (χ4n) is 2.40. The van der Waals surface area contributed by atoms with Crippen molar-refractivity contribution in [1.29, 1.82) is 0 Å². The second-order valence-electron chi connectivity index (χ2n) is 5.64. The summed E-state index contributed by atoms with van der Waals surface area (Å²) in [6, 6.07) is 3.14. The molecule has 1 aromatic carbocycles. The molecule has 118 valence electrons. The molecular weight excluding hydrogens is 313 g/mol. The van der Waals surface area contributed by atoms with Crippen LogP contribution in [0.1, 0.15) is 5.56 Å². The summed E-state index contributed by atoms with van der Waals surface area (Å²) in [5, 5.41) is 16.4. The van der Waals surface area contributed by atoms with Gasteiger partial charge < -0.3 is 32.6 Å². The number of likely N-dealkylation sites (N-methyl/N-ethyl adjacent to an activating group) is 1. The first-order valence-electron chi connectivity index (χ1n) is 6.73. The molecule has 1 saturated heterocycles. The maximum absolute atomic E-state index is 12.1. The van der Waals surface area contributed by atoms with Crippen LogP contribution in [0.3, 0.4) is 0 Å². The number of nitrogens with zero attached hydrogens (tertiary/aromatic N) is 1. The Morgan fingerprint density at radius 3 is 2.67 bits per heavy atom. The third-order valence-electron chi connectivity index (χ3n) is 3.73. The van der Waals surface area contributed by atoms with Crippen LogP contribution in [-0.2, 0) is 4.79 Å². The number of nitrogens with one attached hydrogen (secondary N) is 2. The summed E-state index contributed by atoms with van der Waals surface area (Å²) in [6.07, 6.45) is 0. The van der Waals surface area contributed by atoms with Crippen LogP contribution in [-0.4, -0.2) is 55.3 Å². The van der Waals surface area contributed by atoms with Crippen LogP contribution in [0.15, 0.2) is 12.1 Å². The number of aromatic hydroxyl groups is 1. The molecule has 3 N–H and O–H groups in total. The number of carbonyl (C=O) groups is 1. The number of carbonyl (C=O) groups excluding carboxylic acids is 1. The molecule has 0 saturated carbocycles. The molecule has 0 bridgehead atoms. The van der Waals surface area contributed by atoms with Crippen molar-refractivity contribution < 1.29 is 26.8 Å². The van der Waals surface area contributed by atoms with Crippen molar-refractivity contribution in [3.63, 3.8) is 0 Å². The van der Waals surface area contributed by atoms with E-state index in [9.17, 15) is 9.90 Å². The second kappa shape index (κ2) is 7.31. The van der Waals surface area contributed by atoms with Gasteiger partial charge in [0, 0.05) is 18.1 Å². The van der Waals surface area contributed by atoms with Crippen molar-refractivity contribution >= 4 is 23.2 Å². The van der Waals surface area contributed by atoms with E-state index in [1.54, 1.807) is 19.1 Å². The number of aryl methyl sites for hydroxylation is 1. The summed E-state index contributed by atoms with van der Waals surface area (Å²) in [7, 11) is 2.07. The number of amides is 1. The van der Waals surface area contributed by atoms with Gasteiger partial charge in [-0.2, -0.15) is 0 Å². The van der Waals surface area contributed by atoms with Crippen LogP contribution in [0.4, 0.5) is 5.69 Å². The standard InChI is InChI=1S/C14H20ClN3O2.ClH/c1-10-7-13(19)12(8-11(10)15)17-14(20)9-18(2)5-3-16-4-6-18;/h7-8,16H,3-6,9H2,1-2H3,(H-,17,19,20);1H. The molecule has 0 unspecified atom stereocenters. The minimum atomic E-state index is -0.107.